The Kier molecular flexibility index (Phi) is 1550. The van der Waals surface area contributed by atoms with E-state index >= 15 is 0 Å². The molecule has 29 heavy (non-hydrogen) atoms. The molecule has 0 heterocycles. The van der Waals surface area contributed by atoms with Gasteiger partial charge in [-0.05, 0) is 0 Å². The minimum Gasteiger partial charge on any atom is -0.759 e. The molecule has 0 saturated carbocycles. The fourth-order valence-corrected chi connectivity index (χ4v) is 0. The van der Waals surface area contributed by atoms with E-state index in [9.17, 15) is 0 Å². The van der Waals surface area contributed by atoms with Crippen LogP contribution in [0, 0.1) is 0 Å². The summed E-state index contributed by atoms with van der Waals surface area (Å²) in [5, 5.41) is 0. The van der Waals surface area contributed by atoms with Crippen molar-refractivity contribution in [3.63, 3.8) is 0 Å². The van der Waals surface area contributed by atoms with Crippen LogP contribution in [-0.2, 0) is 20.8 Å². The molecule has 34 N–H and O–H groups in total. The van der Waals surface area contributed by atoms with Crippen LogP contribution in [0.4, 0.5) is 0 Å². The van der Waals surface area contributed by atoms with Crippen LogP contribution in [0.25, 0.3) is 0 Å². The Hall–Kier alpha value is 0.592. The first-order valence-corrected chi connectivity index (χ1v) is 4.00. The molecule has 200 valence electrons. The molecule has 0 saturated heterocycles. The Morgan fingerprint density at radius 3 is 0.276 bits per heavy atom. The fourth-order valence-electron chi connectivity index (χ4n) is 0. The molecule has 0 amide bonds. The molecule has 0 bridgehead atoms. The summed E-state index contributed by atoms with van der Waals surface area (Å²) in [5.74, 6) is 0. The van der Waals surface area contributed by atoms with Gasteiger partial charge < -0.3 is 111 Å². The van der Waals surface area contributed by atoms with Crippen LogP contribution in [0.5, 0.6) is 0 Å². The number of hydrogen-bond donors (Lipinski definition) is 0. The van der Waals surface area contributed by atoms with E-state index < -0.39 is 20.8 Å². The zero-order chi connectivity index (χ0) is 9.00. The summed E-state index contributed by atoms with van der Waals surface area (Å²) in [6, 6.07) is 0. The Bertz CT molecular complexity index is 217. The molecule has 0 aromatic rings. The molecule has 0 aliphatic carbocycles. The molecule has 25 nitrogen and oxygen atoms in total. The van der Waals surface area contributed by atoms with Gasteiger partial charge in [-0.15, -0.1) is 0 Å². The molecular formula is H34Mg2O25S2. The summed E-state index contributed by atoms with van der Waals surface area (Å²) in [4.78, 5) is 0. The summed E-state index contributed by atoms with van der Waals surface area (Å²) in [6.45, 7) is 0. The van der Waals surface area contributed by atoms with Gasteiger partial charge in [0.15, 0.2) is 0 Å². The average molecular weight is 547 g/mol. The standard InChI is InChI=1S/2Mg.2H2O4S.17H2O/c;;2*1-5(2,3)4;;;;;;;;;;;;;;;;;/h;;2*(H2,1,2,3,4);17*1H2/q2*+2;;;;;;;;;;;;;;;;;;;/p-4. The van der Waals surface area contributed by atoms with Crippen molar-refractivity contribution in [3.8, 4) is 0 Å². The molecule has 0 rings (SSSR count). The smallest absolute Gasteiger partial charge is 0.759 e. The third-order valence-electron chi connectivity index (χ3n) is 0. The quantitative estimate of drug-likeness (QED) is 0.159. The zero-order valence-corrected chi connectivity index (χ0v) is 18.5. The fraction of sp³-hybridized carbons (Fsp3) is 0. The first kappa shape index (κ1) is 328. The van der Waals surface area contributed by atoms with Gasteiger partial charge in [0.05, 0.1) is 0 Å². The van der Waals surface area contributed by atoms with Crippen LogP contribution in [-0.4, -0.2) is 174 Å². The topological polar surface area (TPSA) is 696 Å². The van der Waals surface area contributed by atoms with Crippen molar-refractivity contribution in [1.82, 2.24) is 0 Å². The molecule has 0 aromatic carbocycles. The summed E-state index contributed by atoms with van der Waals surface area (Å²) >= 11 is 0. The minimum atomic E-state index is -5.17. The Labute approximate surface area is 194 Å². The maximum atomic E-state index is 8.52. The van der Waals surface area contributed by atoms with Crippen molar-refractivity contribution < 1.29 is 128 Å². The number of hydrogen-bond acceptors (Lipinski definition) is 8. The van der Waals surface area contributed by atoms with Gasteiger partial charge in [0, 0.05) is 20.8 Å². The van der Waals surface area contributed by atoms with E-state index in [2.05, 4.69) is 0 Å². The summed E-state index contributed by atoms with van der Waals surface area (Å²) < 4.78 is 68.2. The molecule has 0 aliphatic rings. The largest absolute Gasteiger partial charge is 2.00 e. The van der Waals surface area contributed by atoms with E-state index in [4.69, 9.17) is 35.0 Å². The van der Waals surface area contributed by atoms with Gasteiger partial charge in [0.1, 0.15) is 0 Å². The van der Waals surface area contributed by atoms with E-state index in [1.807, 2.05) is 0 Å². The summed E-state index contributed by atoms with van der Waals surface area (Å²) in [5.41, 5.74) is 0. The maximum Gasteiger partial charge on any atom is 2.00 e. The second-order valence-corrected chi connectivity index (χ2v) is 2.45. The molecule has 0 aliphatic heterocycles. The molecular weight excluding hydrogens is 513 g/mol. The molecule has 0 aromatic heterocycles. The van der Waals surface area contributed by atoms with E-state index in [1.54, 1.807) is 0 Å². The Morgan fingerprint density at radius 1 is 0.276 bits per heavy atom. The van der Waals surface area contributed by atoms with Crippen LogP contribution in [0.15, 0.2) is 0 Å². The summed E-state index contributed by atoms with van der Waals surface area (Å²) in [7, 11) is -10.3. The van der Waals surface area contributed by atoms with E-state index in [-0.39, 0.29) is 139 Å². The predicted molar refractivity (Wildman–Crippen MR) is 93.9 cm³/mol. The maximum absolute atomic E-state index is 8.52. The van der Waals surface area contributed by atoms with Crippen molar-refractivity contribution in [3.05, 3.63) is 0 Å². The minimum absolute atomic E-state index is 0. The van der Waals surface area contributed by atoms with Gasteiger partial charge in [-0.25, -0.2) is 0 Å². The van der Waals surface area contributed by atoms with Crippen LogP contribution in [0.3, 0.4) is 0 Å². The zero-order valence-electron chi connectivity index (χ0n) is 14.0. The SMILES string of the molecule is O.O.O.O.O.O.O.O.O.O.O.O.O.O.O.O.O.O=S(=O)([O-])[O-].O=S(=O)([O-])[O-].[Mg+2].[Mg+2]. The molecule has 29 heteroatoms. The molecule has 0 atom stereocenters. The van der Waals surface area contributed by atoms with Crippen LogP contribution in [0.1, 0.15) is 0 Å². The van der Waals surface area contributed by atoms with Crippen LogP contribution in [0.2, 0.25) is 0 Å². The Balaban J connectivity index is -0.00000000140. The molecule has 0 fully saturated rings. The molecule has 0 spiro atoms. The van der Waals surface area contributed by atoms with E-state index in [1.165, 1.54) is 0 Å². The monoisotopic (exact) mass is 546 g/mol. The van der Waals surface area contributed by atoms with Gasteiger partial charge in [-0.3, -0.25) is 16.8 Å². The van der Waals surface area contributed by atoms with Crippen molar-refractivity contribution >= 4 is 66.9 Å². The number of rotatable bonds is 0. The van der Waals surface area contributed by atoms with E-state index in [0.717, 1.165) is 0 Å². The molecule has 0 radical (unpaired) electrons. The van der Waals surface area contributed by atoms with Crippen molar-refractivity contribution in [2.24, 2.45) is 0 Å². The van der Waals surface area contributed by atoms with Crippen molar-refractivity contribution in [1.29, 1.82) is 0 Å². The van der Waals surface area contributed by atoms with Gasteiger partial charge >= 0.3 is 46.1 Å². The average Bonchev–Trinajstić information content (AvgIpc) is 1.12. The van der Waals surface area contributed by atoms with Gasteiger partial charge in [0.25, 0.3) is 0 Å². The van der Waals surface area contributed by atoms with E-state index in [0.29, 0.717) is 0 Å². The third kappa shape index (κ3) is 57600. The predicted octanol–water partition coefficient (Wildman–Crippen LogP) is -17.5. The first-order valence-electron chi connectivity index (χ1n) is 1.33. The van der Waals surface area contributed by atoms with Gasteiger partial charge in [-0.1, -0.05) is 0 Å². The van der Waals surface area contributed by atoms with Crippen molar-refractivity contribution in [2.75, 3.05) is 0 Å². The Morgan fingerprint density at radius 2 is 0.276 bits per heavy atom. The first-order chi connectivity index (χ1) is 4.00. The molecule has 0 unspecified atom stereocenters. The van der Waals surface area contributed by atoms with Gasteiger partial charge in [0.2, 0.25) is 0 Å². The van der Waals surface area contributed by atoms with Crippen molar-refractivity contribution in [2.45, 2.75) is 0 Å². The third-order valence-corrected chi connectivity index (χ3v) is 0. The second kappa shape index (κ2) is 137. The van der Waals surface area contributed by atoms with Gasteiger partial charge in [-0.2, -0.15) is 0 Å². The van der Waals surface area contributed by atoms with Crippen LogP contribution < -0.4 is 0 Å². The van der Waals surface area contributed by atoms with Crippen LogP contribution >= 0.6 is 0 Å². The normalized spacial score (nSPS) is 4.00. The second-order valence-electron chi connectivity index (χ2n) is 0.816. The summed E-state index contributed by atoms with van der Waals surface area (Å²) in [6.07, 6.45) is 0.